The third-order valence-corrected chi connectivity index (χ3v) is 3.93. The van der Waals surface area contributed by atoms with Gasteiger partial charge in [-0.1, -0.05) is 4.98 Å². The molecule has 25 heavy (non-hydrogen) atoms. The number of carboxylic acids is 1. The van der Waals surface area contributed by atoms with Crippen molar-refractivity contribution in [2.75, 3.05) is 14.2 Å². The molecule has 0 atom stereocenters. The second-order valence-corrected chi connectivity index (χ2v) is 5.44. The van der Waals surface area contributed by atoms with E-state index in [-0.39, 0.29) is 18.1 Å². The van der Waals surface area contributed by atoms with Gasteiger partial charge in [0.2, 0.25) is 0 Å². The van der Waals surface area contributed by atoms with E-state index < -0.39 is 5.97 Å². The molecule has 2 N–H and O–H groups in total. The number of nitrogens with one attached hydrogen (secondary N) is 1. The van der Waals surface area contributed by atoms with E-state index in [2.05, 4.69) is 9.97 Å². The molecule has 2 aromatic heterocycles. The van der Waals surface area contributed by atoms with E-state index in [1.165, 1.54) is 11.7 Å². The number of hydrogen-bond donors (Lipinski definition) is 2. The van der Waals surface area contributed by atoms with Gasteiger partial charge in [-0.25, -0.2) is 9.78 Å². The Morgan fingerprint density at radius 3 is 2.56 bits per heavy atom. The number of halogens is 1. The molecule has 0 unspecified atom stereocenters. The largest absolute Gasteiger partial charge is 1.00 e. The first-order valence-corrected chi connectivity index (χ1v) is 7.33. The maximum Gasteiger partial charge on any atom is 0.402 e. The molecule has 3 aromatic rings. The SMILES string of the molecule is COc1ccc2nc(-[n+]3cc(C)c(OC)c(C)c3C(=O)O)[nH]c2c1.[Cl-]. The predicted octanol–water partition coefficient (Wildman–Crippen LogP) is -0.824. The van der Waals surface area contributed by atoms with E-state index in [1.807, 2.05) is 19.1 Å². The molecule has 0 bridgehead atoms. The van der Waals surface area contributed by atoms with E-state index in [1.54, 1.807) is 26.3 Å². The first kappa shape index (κ1) is 18.5. The molecule has 0 saturated carbocycles. The van der Waals surface area contributed by atoms with E-state index in [9.17, 15) is 9.90 Å². The van der Waals surface area contributed by atoms with Crippen molar-refractivity contribution in [3.63, 3.8) is 0 Å². The van der Waals surface area contributed by atoms with Crippen molar-refractivity contribution < 1.29 is 36.3 Å². The Bertz CT molecular complexity index is 953. The van der Waals surface area contributed by atoms with E-state index in [0.29, 0.717) is 23.0 Å². The van der Waals surface area contributed by atoms with Gasteiger partial charge < -0.3 is 27.0 Å². The molecule has 0 radical (unpaired) electrons. The molecule has 0 spiro atoms. The van der Waals surface area contributed by atoms with Crippen LogP contribution in [0, 0.1) is 13.8 Å². The zero-order valence-corrected chi connectivity index (χ0v) is 15.0. The zero-order valence-electron chi connectivity index (χ0n) is 14.3. The van der Waals surface area contributed by atoms with Crippen molar-refractivity contribution in [2.24, 2.45) is 0 Å². The summed E-state index contributed by atoms with van der Waals surface area (Å²) in [6.07, 6.45) is 1.70. The number of methoxy groups -OCH3 is 2. The minimum Gasteiger partial charge on any atom is -1.00 e. The number of carbonyl (C=O) groups is 1. The molecule has 1 aromatic carbocycles. The van der Waals surface area contributed by atoms with Crippen LogP contribution in [-0.2, 0) is 0 Å². The molecule has 0 amide bonds. The number of fused-ring (bicyclic) bond motifs is 1. The first-order valence-electron chi connectivity index (χ1n) is 7.33. The van der Waals surface area contributed by atoms with Crippen LogP contribution in [0.3, 0.4) is 0 Å². The summed E-state index contributed by atoms with van der Waals surface area (Å²) >= 11 is 0. The predicted molar refractivity (Wildman–Crippen MR) is 87.2 cm³/mol. The minimum absolute atomic E-state index is 0. The second-order valence-electron chi connectivity index (χ2n) is 5.44. The summed E-state index contributed by atoms with van der Waals surface area (Å²) in [7, 11) is 3.12. The number of hydrogen-bond acceptors (Lipinski definition) is 4. The van der Waals surface area contributed by atoms with Crippen molar-refractivity contribution in [3.8, 4) is 17.4 Å². The standard InChI is InChI=1S/C17H17N3O4.ClH/c1-9-8-20(14(16(21)22)10(2)15(9)24-4)17-18-12-6-5-11(23-3)7-13(12)19-17;/h5-8H,1-4H3,(H-,18,19,21,22);1H. The molecule has 0 aliphatic carbocycles. The normalized spacial score (nSPS) is 10.4. The van der Waals surface area contributed by atoms with Crippen molar-refractivity contribution in [1.82, 2.24) is 9.97 Å². The Morgan fingerprint density at radius 2 is 1.96 bits per heavy atom. The van der Waals surface area contributed by atoms with Crippen LogP contribution in [0.25, 0.3) is 17.0 Å². The van der Waals surface area contributed by atoms with Crippen LogP contribution < -0.4 is 26.4 Å². The fourth-order valence-corrected chi connectivity index (χ4v) is 2.86. The molecular formula is C17H18ClN3O4. The van der Waals surface area contributed by atoms with Crippen LogP contribution in [-0.4, -0.2) is 35.3 Å². The van der Waals surface area contributed by atoms with Crippen molar-refractivity contribution >= 4 is 17.0 Å². The Balaban J connectivity index is 0.00000225. The summed E-state index contributed by atoms with van der Waals surface area (Å²) in [4.78, 5) is 19.4. The summed E-state index contributed by atoms with van der Waals surface area (Å²) < 4.78 is 12.1. The molecule has 0 aliphatic heterocycles. The quantitative estimate of drug-likeness (QED) is 0.591. The highest BCUT2D eigenvalue weighted by Gasteiger charge is 2.26. The fraction of sp³-hybridized carbons (Fsp3) is 0.235. The van der Waals surface area contributed by atoms with Gasteiger partial charge in [-0.3, -0.25) is 0 Å². The number of aryl methyl sites for hydroxylation is 1. The summed E-state index contributed by atoms with van der Waals surface area (Å²) in [6, 6.07) is 5.44. The van der Waals surface area contributed by atoms with Gasteiger partial charge in [0.05, 0.1) is 20.4 Å². The Hall–Kier alpha value is -2.80. The number of carboxylic acid groups (broad SMARTS) is 1. The van der Waals surface area contributed by atoms with Gasteiger partial charge in [-0.05, 0) is 26.0 Å². The first-order chi connectivity index (χ1) is 11.5. The van der Waals surface area contributed by atoms with Crippen LogP contribution in [0.5, 0.6) is 11.5 Å². The molecule has 2 heterocycles. The smallest absolute Gasteiger partial charge is 0.402 e. The third kappa shape index (κ3) is 3.10. The van der Waals surface area contributed by atoms with Gasteiger partial charge in [0.1, 0.15) is 17.0 Å². The van der Waals surface area contributed by atoms with Crippen LogP contribution in [0.2, 0.25) is 0 Å². The number of aromatic amines is 1. The number of H-pyrrole nitrogens is 1. The lowest BCUT2D eigenvalue weighted by atomic mass is 10.1. The van der Waals surface area contributed by atoms with Crippen LogP contribution in [0.4, 0.5) is 0 Å². The number of aromatic carboxylic acids is 1. The van der Waals surface area contributed by atoms with Crippen molar-refractivity contribution in [3.05, 3.63) is 41.2 Å². The number of pyridine rings is 1. The minimum atomic E-state index is -1.05. The highest BCUT2D eigenvalue weighted by molar-refractivity contribution is 5.86. The summed E-state index contributed by atoms with van der Waals surface area (Å²) in [5.41, 5.74) is 2.95. The molecule has 0 fully saturated rings. The fourth-order valence-electron chi connectivity index (χ4n) is 2.86. The number of ether oxygens (including phenoxy) is 2. The lowest BCUT2D eigenvalue weighted by Crippen LogP contribution is -3.00. The zero-order chi connectivity index (χ0) is 17.4. The molecule has 132 valence electrons. The summed E-state index contributed by atoms with van der Waals surface area (Å²) in [5.74, 6) is 0.623. The van der Waals surface area contributed by atoms with E-state index >= 15 is 0 Å². The second kappa shape index (κ2) is 6.98. The lowest BCUT2D eigenvalue weighted by Gasteiger charge is -2.12. The third-order valence-electron chi connectivity index (χ3n) is 3.93. The molecular weight excluding hydrogens is 346 g/mol. The summed E-state index contributed by atoms with van der Waals surface area (Å²) in [5, 5.41) is 9.64. The highest BCUT2D eigenvalue weighted by Crippen LogP contribution is 2.25. The van der Waals surface area contributed by atoms with Gasteiger partial charge in [-0.15, -0.1) is 0 Å². The van der Waals surface area contributed by atoms with Gasteiger partial charge in [0, 0.05) is 17.2 Å². The molecule has 0 saturated heterocycles. The van der Waals surface area contributed by atoms with E-state index in [4.69, 9.17) is 9.47 Å². The van der Waals surface area contributed by atoms with Crippen molar-refractivity contribution in [1.29, 1.82) is 0 Å². The molecule has 0 aliphatic rings. The Labute approximate surface area is 150 Å². The average Bonchev–Trinajstić information content (AvgIpc) is 2.96. The van der Waals surface area contributed by atoms with Crippen molar-refractivity contribution in [2.45, 2.75) is 13.8 Å². The number of imidazole rings is 1. The monoisotopic (exact) mass is 363 g/mol. The van der Waals surface area contributed by atoms with Gasteiger partial charge >= 0.3 is 11.9 Å². The molecule has 8 heteroatoms. The van der Waals surface area contributed by atoms with Gasteiger partial charge in [0.25, 0.3) is 0 Å². The molecule has 7 nitrogen and oxygen atoms in total. The van der Waals surface area contributed by atoms with Crippen LogP contribution in [0.15, 0.2) is 24.4 Å². The average molecular weight is 364 g/mol. The number of rotatable bonds is 4. The number of benzene rings is 1. The van der Waals surface area contributed by atoms with Gasteiger partial charge in [-0.2, -0.15) is 4.57 Å². The Kier molecular flexibility index (Phi) is 5.18. The highest BCUT2D eigenvalue weighted by atomic mass is 35.5. The van der Waals surface area contributed by atoms with E-state index in [0.717, 1.165) is 16.6 Å². The summed E-state index contributed by atoms with van der Waals surface area (Å²) in [6.45, 7) is 3.58. The maximum atomic E-state index is 11.8. The lowest BCUT2D eigenvalue weighted by molar-refractivity contribution is -0.606. The number of nitrogens with zero attached hydrogens (tertiary/aromatic N) is 2. The Morgan fingerprint density at radius 1 is 1.24 bits per heavy atom. The molecule has 3 rings (SSSR count). The topological polar surface area (TPSA) is 88.3 Å². The number of aromatic nitrogens is 3. The van der Waals surface area contributed by atoms with Crippen LogP contribution >= 0.6 is 0 Å². The van der Waals surface area contributed by atoms with Gasteiger partial charge in [0.15, 0.2) is 11.2 Å². The van der Waals surface area contributed by atoms with Crippen LogP contribution in [0.1, 0.15) is 21.6 Å². The maximum absolute atomic E-state index is 11.8.